The Balaban J connectivity index is 2.03. The SMILES string of the molecule is CCCN1C(=O)S/C(=C/c2cc(C)n(-c3cc(Cl)ccc3Cl)c2C)C1=O. The van der Waals surface area contributed by atoms with Crippen molar-refractivity contribution < 1.29 is 9.59 Å². The van der Waals surface area contributed by atoms with E-state index in [1.165, 1.54) is 4.90 Å². The number of nitrogens with zero attached hydrogens (tertiary/aromatic N) is 2. The van der Waals surface area contributed by atoms with E-state index in [9.17, 15) is 9.59 Å². The van der Waals surface area contributed by atoms with Crippen LogP contribution in [0.1, 0.15) is 30.3 Å². The van der Waals surface area contributed by atoms with Gasteiger partial charge in [0, 0.05) is 23.0 Å². The molecule has 2 aromatic rings. The number of imide groups is 1. The van der Waals surface area contributed by atoms with Gasteiger partial charge in [-0.2, -0.15) is 0 Å². The van der Waals surface area contributed by atoms with E-state index in [1.807, 2.05) is 37.5 Å². The molecular weight excluding hydrogens is 391 g/mol. The Morgan fingerprint density at radius 3 is 2.58 bits per heavy atom. The maximum Gasteiger partial charge on any atom is 0.293 e. The van der Waals surface area contributed by atoms with Gasteiger partial charge in [0.05, 0.1) is 15.6 Å². The Kier molecular flexibility index (Phi) is 5.51. The van der Waals surface area contributed by atoms with Crippen molar-refractivity contribution >= 4 is 52.2 Å². The molecule has 0 bridgehead atoms. The third-order valence-corrected chi connectivity index (χ3v) is 5.69. The van der Waals surface area contributed by atoms with Crippen molar-refractivity contribution in [2.24, 2.45) is 0 Å². The van der Waals surface area contributed by atoms with Crippen molar-refractivity contribution in [3.8, 4) is 5.69 Å². The molecule has 1 aromatic carbocycles. The van der Waals surface area contributed by atoms with Gasteiger partial charge >= 0.3 is 0 Å². The molecule has 0 spiro atoms. The zero-order valence-electron chi connectivity index (χ0n) is 14.7. The Morgan fingerprint density at radius 1 is 1.15 bits per heavy atom. The molecule has 2 heterocycles. The molecule has 3 rings (SSSR count). The van der Waals surface area contributed by atoms with Crippen molar-refractivity contribution in [2.75, 3.05) is 6.54 Å². The zero-order valence-corrected chi connectivity index (χ0v) is 17.0. The number of hydrogen-bond acceptors (Lipinski definition) is 3. The number of thioether (sulfide) groups is 1. The lowest BCUT2D eigenvalue weighted by Crippen LogP contribution is -2.28. The molecule has 1 aromatic heterocycles. The summed E-state index contributed by atoms with van der Waals surface area (Å²) in [5, 5.41) is 0.972. The number of aryl methyl sites for hydroxylation is 1. The van der Waals surface area contributed by atoms with Crippen molar-refractivity contribution in [3.63, 3.8) is 0 Å². The summed E-state index contributed by atoms with van der Waals surface area (Å²) in [6.07, 6.45) is 2.52. The van der Waals surface area contributed by atoms with Gasteiger partial charge in [-0.15, -0.1) is 0 Å². The molecule has 0 radical (unpaired) electrons. The molecule has 1 fully saturated rings. The largest absolute Gasteiger partial charge is 0.316 e. The summed E-state index contributed by atoms with van der Waals surface area (Å²) in [6, 6.07) is 7.28. The molecule has 2 amide bonds. The lowest BCUT2D eigenvalue weighted by molar-refractivity contribution is -0.122. The average Bonchev–Trinajstić information content (AvgIpc) is 3.01. The average molecular weight is 409 g/mol. The van der Waals surface area contributed by atoms with Crippen molar-refractivity contribution in [1.82, 2.24) is 9.47 Å². The van der Waals surface area contributed by atoms with Gasteiger partial charge in [0.15, 0.2) is 0 Å². The van der Waals surface area contributed by atoms with Crippen LogP contribution in [0.25, 0.3) is 11.8 Å². The van der Waals surface area contributed by atoms with Gasteiger partial charge in [0.2, 0.25) is 0 Å². The van der Waals surface area contributed by atoms with Crippen LogP contribution in [0, 0.1) is 13.8 Å². The molecule has 7 heteroatoms. The molecular formula is C19H18Cl2N2O2S. The summed E-state index contributed by atoms with van der Waals surface area (Å²) in [4.78, 5) is 26.2. The monoisotopic (exact) mass is 408 g/mol. The van der Waals surface area contributed by atoms with Crippen LogP contribution < -0.4 is 0 Å². The van der Waals surface area contributed by atoms with E-state index in [0.29, 0.717) is 21.5 Å². The number of hydrogen-bond donors (Lipinski definition) is 0. The number of carbonyl (C=O) groups excluding carboxylic acids is 2. The molecule has 4 nitrogen and oxygen atoms in total. The van der Waals surface area contributed by atoms with Gasteiger partial charge < -0.3 is 4.57 Å². The molecule has 1 aliphatic heterocycles. The lowest BCUT2D eigenvalue weighted by atomic mass is 10.2. The molecule has 0 aliphatic carbocycles. The van der Waals surface area contributed by atoms with Gasteiger partial charge in [-0.3, -0.25) is 14.5 Å². The molecule has 26 heavy (non-hydrogen) atoms. The minimum atomic E-state index is -0.229. The van der Waals surface area contributed by atoms with E-state index in [2.05, 4.69) is 0 Å². The Bertz CT molecular complexity index is 934. The van der Waals surface area contributed by atoms with Gasteiger partial charge in [-0.05, 0) is 67.9 Å². The van der Waals surface area contributed by atoms with Crippen LogP contribution in [0.2, 0.25) is 10.0 Å². The number of benzene rings is 1. The second-order valence-corrected chi connectivity index (χ2v) is 7.93. The molecule has 0 N–H and O–H groups in total. The maximum atomic E-state index is 12.5. The van der Waals surface area contributed by atoms with Crippen LogP contribution in [0.3, 0.4) is 0 Å². The van der Waals surface area contributed by atoms with E-state index in [-0.39, 0.29) is 11.1 Å². The topological polar surface area (TPSA) is 42.3 Å². The Labute approximate surface area is 166 Å². The fourth-order valence-corrected chi connectivity index (χ4v) is 4.24. The van der Waals surface area contributed by atoms with Crippen molar-refractivity contribution in [2.45, 2.75) is 27.2 Å². The normalized spacial score (nSPS) is 16.2. The Morgan fingerprint density at radius 2 is 1.88 bits per heavy atom. The zero-order chi connectivity index (χ0) is 19.0. The number of halogens is 2. The standard InChI is InChI=1S/C19H18Cl2N2O2S/c1-4-7-22-18(24)17(26-19(22)25)9-13-8-11(2)23(12(13)3)16-10-14(20)5-6-15(16)21/h5-6,8-10H,4,7H2,1-3H3/b17-9+. The highest BCUT2D eigenvalue weighted by Crippen LogP contribution is 2.34. The summed E-state index contributed by atoms with van der Waals surface area (Å²) in [5.74, 6) is -0.229. The predicted molar refractivity (Wildman–Crippen MR) is 108 cm³/mol. The third-order valence-electron chi connectivity index (χ3n) is 4.23. The number of carbonyl (C=O) groups is 2. The van der Waals surface area contributed by atoms with E-state index in [0.717, 1.165) is 40.8 Å². The summed E-state index contributed by atoms with van der Waals surface area (Å²) >= 11 is 13.5. The van der Waals surface area contributed by atoms with Crippen LogP contribution in [0.4, 0.5) is 4.79 Å². The summed E-state index contributed by atoms with van der Waals surface area (Å²) in [7, 11) is 0. The van der Waals surface area contributed by atoms with Crippen LogP contribution in [0.5, 0.6) is 0 Å². The van der Waals surface area contributed by atoms with Crippen LogP contribution in [0.15, 0.2) is 29.2 Å². The maximum absolute atomic E-state index is 12.5. The van der Waals surface area contributed by atoms with Crippen LogP contribution in [-0.4, -0.2) is 27.2 Å². The van der Waals surface area contributed by atoms with E-state index >= 15 is 0 Å². The van der Waals surface area contributed by atoms with E-state index < -0.39 is 0 Å². The quantitative estimate of drug-likeness (QED) is 0.595. The molecule has 1 aliphatic rings. The highest BCUT2D eigenvalue weighted by Gasteiger charge is 2.34. The summed E-state index contributed by atoms with van der Waals surface area (Å²) in [6.45, 7) is 6.30. The lowest BCUT2D eigenvalue weighted by Gasteiger charge is -2.12. The fraction of sp³-hybridized carbons (Fsp3) is 0.263. The van der Waals surface area contributed by atoms with Gasteiger partial charge in [-0.25, -0.2) is 0 Å². The molecule has 1 saturated heterocycles. The van der Waals surface area contributed by atoms with Gasteiger partial charge in [0.1, 0.15) is 0 Å². The Hall–Kier alpha value is -1.69. The number of rotatable bonds is 4. The molecule has 0 atom stereocenters. The minimum Gasteiger partial charge on any atom is -0.316 e. The smallest absolute Gasteiger partial charge is 0.293 e. The molecule has 136 valence electrons. The first-order valence-corrected chi connectivity index (χ1v) is 9.80. The minimum absolute atomic E-state index is 0.213. The van der Waals surface area contributed by atoms with E-state index in [4.69, 9.17) is 23.2 Å². The number of aromatic nitrogens is 1. The van der Waals surface area contributed by atoms with Gasteiger partial charge in [-0.1, -0.05) is 30.1 Å². The first-order chi connectivity index (χ1) is 12.3. The molecule has 0 unspecified atom stereocenters. The second-order valence-electron chi connectivity index (χ2n) is 6.09. The van der Waals surface area contributed by atoms with Gasteiger partial charge in [0.25, 0.3) is 11.1 Å². The predicted octanol–water partition coefficient (Wildman–Crippen LogP) is 5.85. The highest BCUT2D eigenvalue weighted by molar-refractivity contribution is 8.18. The highest BCUT2D eigenvalue weighted by atomic mass is 35.5. The summed E-state index contributed by atoms with van der Waals surface area (Å²) in [5.41, 5.74) is 3.55. The second kappa shape index (κ2) is 7.51. The summed E-state index contributed by atoms with van der Waals surface area (Å²) < 4.78 is 2.00. The van der Waals surface area contributed by atoms with E-state index in [1.54, 1.807) is 18.2 Å². The van der Waals surface area contributed by atoms with Crippen molar-refractivity contribution in [1.29, 1.82) is 0 Å². The first-order valence-electron chi connectivity index (χ1n) is 8.23. The fourth-order valence-electron chi connectivity index (χ4n) is 3.02. The number of amides is 2. The van der Waals surface area contributed by atoms with Crippen LogP contribution >= 0.6 is 35.0 Å². The van der Waals surface area contributed by atoms with Crippen molar-refractivity contribution in [3.05, 3.63) is 56.2 Å². The van der Waals surface area contributed by atoms with Crippen LogP contribution in [-0.2, 0) is 4.79 Å². The first kappa shape index (κ1) is 19.1. The third kappa shape index (κ3) is 3.43. The molecule has 0 saturated carbocycles.